The molecule has 3 atom stereocenters. The molecule has 2 unspecified atom stereocenters. The number of rotatable bonds is 10. The maximum Gasteiger partial charge on any atom is 0.432 e. The van der Waals surface area contributed by atoms with E-state index < -0.39 is 24.2 Å². The average molecular weight is 485 g/mol. The average Bonchev–Trinajstić information content (AvgIpc) is 3.52. The fourth-order valence-corrected chi connectivity index (χ4v) is 4.45. The smallest absolute Gasteiger partial charge is 0.432 e. The fourth-order valence-electron chi connectivity index (χ4n) is 4.45. The summed E-state index contributed by atoms with van der Waals surface area (Å²) in [5.41, 5.74) is 1.94. The van der Waals surface area contributed by atoms with Crippen LogP contribution in [-0.4, -0.2) is 50.8 Å². The zero-order chi connectivity index (χ0) is 24.9. The molecular weight excluding hydrogens is 458 g/mol. The maximum absolute atomic E-state index is 12.1. The van der Waals surface area contributed by atoms with Gasteiger partial charge in [0.15, 0.2) is 0 Å². The van der Waals surface area contributed by atoms with E-state index in [0.717, 1.165) is 16.7 Å². The second-order valence-electron chi connectivity index (χ2n) is 8.50. The van der Waals surface area contributed by atoms with Gasteiger partial charge in [-0.25, -0.2) is 14.4 Å². The molecule has 11 nitrogen and oxygen atoms in total. The van der Waals surface area contributed by atoms with E-state index in [4.69, 9.17) is 9.57 Å². The molecule has 11 heteroatoms. The Hall–Kier alpha value is -4.15. The number of hydrogen-bond acceptors (Lipinski definition) is 7. The Bertz CT molecular complexity index is 1090. The van der Waals surface area contributed by atoms with Crippen molar-refractivity contribution >= 4 is 18.2 Å². The number of ether oxygens (including phenoxy) is 1. The first-order chi connectivity index (χ1) is 16.8. The standard InChI is InChI=1S/C24H27N3O8/c28-20-18-15-9-10-16(12-15)19(18)21(29)27(20)35-23(32)25-11-5-4-8-17(22(30)31)26-24(33)34-13-14-6-2-1-3-7-14/h1-3,6-7,9-10,15-17,28-29H,4-5,8,11-13H2,(H,25,32)(H,26,33)(H,30,31)/t15?,16?,17-/m0/s1. The second-order valence-corrected chi connectivity index (χ2v) is 8.50. The Morgan fingerprint density at radius 1 is 1.00 bits per heavy atom. The molecule has 35 heavy (non-hydrogen) atoms. The molecule has 5 N–H and O–H groups in total. The number of carbonyl (C=O) groups is 3. The molecule has 0 aliphatic heterocycles. The van der Waals surface area contributed by atoms with E-state index in [-0.39, 0.29) is 43.2 Å². The Labute approximate surface area is 200 Å². The topological polar surface area (TPSA) is 159 Å². The van der Waals surface area contributed by atoms with Crippen molar-refractivity contribution in [2.45, 2.75) is 50.2 Å². The SMILES string of the molecule is O=C(N[C@@H](CCCCNC(=O)On1c(O)c2c(c1O)C1C=CC2C1)C(=O)O)OCc1ccccc1. The highest BCUT2D eigenvalue weighted by Gasteiger charge is 2.42. The summed E-state index contributed by atoms with van der Waals surface area (Å²) < 4.78 is 5.77. The van der Waals surface area contributed by atoms with Crippen LogP contribution in [0, 0.1) is 0 Å². The minimum absolute atomic E-state index is 0.000206. The first-order valence-electron chi connectivity index (χ1n) is 11.4. The van der Waals surface area contributed by atoms with Gasteiger partial charge < -0.3 is 35.5 Å². The number of allylic oxidation sites excluding steroid dienone is 2. The van der Waals surface area contributed by atoms with Gasteiger partial charge in [-0.3, -0.25) is 0 Å². The maximum atomic E-state index is 12.1. The quantitative estimate of drug-likeness (QED) is 0.254. The number of amides is 2. The normalized spacial score (nSPS) is 18.1. The third kappa shape index (κ3) is 5.34. The van der Waals surface area contributed by atoms with Crippen molar-refractivity contribution in [1.29, 1.82) is 0 Å². The number of carboxylic acids is 1. The zero-order valence-corrected chi connectivity index (χ0v) is 18.8. The summed E-state index contributed by atoms with van der Waals surface area (Å²) in [6, 6.07) is 7.87. The molecule has 0 fully saturated rings. The van der Waals surface area contributed by atoms with Gasteiger partial charge in [-0.1, -0.05) is 42.5 Å². The Balaban J connectivity index is 1.16. The molecule has 1 aromatic carbocycles. The number of fused-ring (bicyclic) bond motifs is 5. The monoisotopic (exact) mass is 485 g/mol. The van der Waals surface area contributed by atoms with Crippen molar-refractivity contribution in [3.8, 4) is 11.8 Å². The van der Waals surface area contributed by atoms with Gasteiger partial charge in [0, 0.05) is 29.5 Å². The van der Waals surface area contributed by atoms with Crippen molar-refractivity contribution in [3.63, 3.8) is 0 Å². The number of hydrogen-bond donors (Lipinski definition) is 5. The van der Waals surface area contributed by atoms with Gasteiger partial charge >= 0.3 is 18.2 Å². The van der Waals surface area contributed by atoms with E-state index in [9.17, 15) is 29.7 Å². The van der Waals surface area contributed by atoms with Crippen LogP contribution in [0.2, 0.25) is 0 Å². The summed E-state index contributed by atoms with van der Waals surface area (Å²) in [7, 11) is 0. The number of aromatic nitrogens is 1. The number of nitrogens with one attached hydrogen (secondary N) is 2. The number of carboxylic acid groups (broad SMARTS) is 1. The second kappa shape index (κ2) is 10.4. The predicted molar refractivity (Wildman–Crippen MR) is 122 cm³/mol. The van der Waals surface area contributed by atoms with Crippen molar-refractivity contribution in [2.75, 3.05) is 6.54 Å². The number of unbranched alkanes of at least 4 members (excludes halogenated alkanes) is 1. The van der Waals surface area contributed by atoms with Gasteiger partial charge in [-0.2, -0.15) is 0 Å². The molecule has 2 aliphatic rings. The number of aliphatic carboxylic acids is 1. The Morgan fingerprint density at radius 3 is 2.29 bits per heavy atom. The van der Waals surface area contributed by atoms with E-state index in [0.29, 0.717) is 24.0 Å². The molecule has 2 aliphatic carbocycles. The molecular formula is C24H27N3O8. The lowest BCUT2D eigenvalue weighted by molar-refractivity contribution is -0.139. The van der Waals surface area contributed by atoms with E-state index in [1.54, 1.807) is 24.3 Å². The molecule has 1 heterocycles. The third-order valence-corrected chi connectivity index (χ3v) is 6.15. The Kier molecular flexibility index (Phi) is 7.14. The van der Waals surface area contributed by atoms with Crippen LogP contribution in [0.15, 0.2) is 42.5 Å². The lowest BCUT2D eigenvalue weighted by Gasteiger charge is -2.15. The highest BCUT2D eigenvalue weighted by atomic mass is 16.7. The van der Waals surface area contributed by atoms with E-state index in [1.807, 2.05) is 18.2 Å². The van der Waals surface area contributed by atoms with Gasteiger partial charge in [0.1, 0.15) is 12.6 Å². The molecule has 0 saturated carbocycles. The van der Waals surface area contributed by atoms with Crippen molar-refractivity contribution in [2.24, 2.45) is 0 Å². The van der Waals surface area contributed by atoms with Crippen LogP contribution >= 0.6 is 0 Å². The van der Waals surface area contributed by atoms with Crippen LogP contribution in [0.5, 0.6) is 11.8 Å². The number of alkyl carbamates (subject to hydrolysis) is 1. The molecule has 2 bridgehead atoms. The lowest BCUT2D eigenvalue weighted by Crippen LogP contribution is -2.41. The highest BCUT2D eigenvalue weighted by molar-refractivity contribution is 5.79. The molecule has 0 spiro atoms. The first-order valence-corrected chi connectivity index (χ1v) is 11.4. The minimum atomic E-state index is -1.19. The highest BCUT2D eigenvalue weighted by Crippen LogP contribution is 2.56. The fraction of sp³-hybridized carbons (Fsp3) is 0.375. The van der Waals surface area contributed by atoms with Gasteiger partial charge in [0.05, 0.1) is 0 Å². The first kappa shape index (κ1) is 24.0. The number of nitrogens with zero attached hydrogens (tertiary/aromatic N) is 1. The summed E-state index contributed by atoms with van der Waals surface area (Å²) in [5, 5.41) is 34.9. The summed E-state index contributed by atoms with van der Waals surface area (Å²) in [6.07, 6.45) is 3.93. The summed E-state index contributed by atoms with van der Waals surface area (Å²) in [6.45, 7) is 0.192. The molecule has 0 radical (unpaired) electrons. The summed E-state index contributed by atoms with van der Waals surface area (Å²) in [5.74, 6) is -1.78. The predicted octanol–water partition coefficient (Wildman–Crippen LogP) is 2.73. The Morgan fingerprint density at radius 2 is 1.66 bits per heavy atom. The lowest BCUT2D eigenvalue weighted by atomic mass is 10.0. The molecule has 186 valence electrons. The van der Waals surface area contributed by atoms with Crippen molar-refractivity contribution in [1.82, 2.24) is 15.4 Å². The number of aromatic hydroxyl groups is 2. The third-order valence-electron chi connectivity index (χ3n) is 6.15. The van der Waals surface area contributed by atoms with Crippen LogP contribution in [0.1, 0.15) is 54.2 Å². The van der Waals surface area contributed by atoms with E-state index in [1.165, 1.54) is 0 Å². The van der Waals surface area contributed by atoms with Crippen LogP contribution in [-0.2, 0) is 16.1 Å². The van der Waals surface area contributed by atoms with E-state index >= 15 is 0 Å². The summed E-state index contributed by atoms with van der Waals surface area (Å²) >= 11 is 0. The zero-order valence-electron chi connectivity index (χ0n) is 18.8. The number of carbonyl (C=O) groups excluding carboxylic acids is 2. The van der Waals surface area contributed by atoms with Gasteiger partial charge in [0.25, 0.3) is 0 Å². The van der Waals surface area contributed by atoms with Gasteiger partial charge in [-0.15, -0.1) is 4.73 Å². The van der Waals surface area contributed by atoms with Gasteiger partial charge in [0.2, 0.25) is 11.8 Å². The van der Waals surface area contributed by atoms with Crippen LogP contribution in [0.4, 0.5) is 9.59 Å². The molecule has 1 aromatic heterocycles. The van der Waals surface area contributed by atoms with E-state index in [2.05, 4.69) is 10.6 Å². The molecule has 4 rings (SSSR count). The number of benzene rings is 1. The van der Waals surface area contributed by atoms with Crippen LogP contribution in [0.25, 0.3) is 0 Å². The van der Waals surface area contributed by atoms with Crippen molar-refractivity contribution < 1.29 is 39.3 Å². The van der Waals surface area contributed by atoms with Crippen LogP contribution < -0.4 is 15.5 Å². The minimum Gasteiger partial charge on any atom is -0.492 e. The van der Waals surface area contributed by atoms with Crippen LogP contribution in [0.3, 0.4) is 0 Å². The largest absolute Gasteiger partial charge is 0.492 e. The van der Waals surface area contributed by atoms with Gasteiger partial charge in [-0.05, 0) is 31.2 Å². The van der Waals surface area contributed by atoms with Crippen molar-refractivity contribution in [3.05, 3.63) is 59.2 Å². The molecule has 0 saturated heterocycles. The summed E-state index contributed by atoms with van der Waals surface area (Å²) in [4.78, 5) is 40.5. The molecule has 2 amide bonds. The molecule has 2 aromatic rings.